The molecule has 3 nitrogen and oxygen atoms in total. The van der Waals surface area contributed by atoms with E-state index in [1.807, 2.05) is 0 Å². The zero-order valence-electron chi connectivity index (χ0n) is 11.8. The van der Waals surface area contributed by atoms with Gasteiger partial charge in [0.2, 0.25) is 0 Å². The van der Waals surface area contributed by atoms with E-state index in [0.717, 1.165) is 18.1 Å². The zero-order valence-corrected chi connectivity index (χ0v) is 12.6. The molecule has 1 heterocycles. The molecule has 0 amide bonds. The van der Waals surface area contributed by atoms with E-state index < -0.39 is 0 Å². The quantitative estimate of drug-likeness (QED) is 0.912. The lowest BCUT2D eigenvalue weighted by atomic mass is 9.72. The van der Waals surface area contributed by atoms with Gasteiger partial charge in [-0.05, 0) is 32.7 Å². The van der Waals surface area contributed by atoms with E-state index in [9.17, 15) is 0 Å². The molecular weight excluding hydrogens is 242 g/mol. The van der Waals surface area contributed by atoms with Crippen LogP contribution in [0, 0.1) is 12.8 Å². The molecule has 1 aromatic heterocycles. The summed E-state index contributed by atoms with van der Waals surface area (Å²) in [5.74, 6) is 0.681. The van der Waals surface area contributed by atoms with E-state index in [0.29, 0.717) is 5.92 Å². The van der Waals surface area contributed by atoms with Gasteiger partial charge >= 0.3 is 0 Å². The molecule has 102 valence electrons. The van der Waals surface area contributed by atoms with Crippen LogP contribution in [0.3, 0.4) is 0 Å². The predicted molar refractivity (Wildman–Crippen MR) is 77.7 cm³/mol. The Labute approximate surface area is 114 Å². The lowest BCUT2D eigenvalue weighted by Crippen LogP contribution is -2.57. The van der Waals surface area contributed by atoms with Crippen molar-refractivity contribution in [3.8, 4) is 0 Å². The molecule has 1 aliphatic carbocycles. The van der Waals surface area contributed by atoms with Crippen LogP contribution < -0.4 is 5.73 Å². The molecule has 18 heavy (non-hydrogen) atoms. The third-order valence-corrected chi connectivity index (χ3v) is 5.42. The molecule has 2 unspecified atom stereocenters. The first-order chi connectivity index (χ1) is 8.58. The van der Waals surface area contributed by atoms with Crippen molar-refractivity contribution in [2.24, 2.45) is 11.7 Å². The van der Waals surface area contributed by atoms with E-state index in [1.165, 1.54) is 31.4 Å². The lowest BCUT2D eigenvalue weighted by molar-refractivity contribution is 0.0271. The summed E-state index contributed by atoms with van der Waals surface area (Å²) < 4.78 is 0. The molecule has 1 aliphatic rings. The average Bonchev–Trinajstić information content (AvgIpc) is 2.75. The summed E-state index contributed by atoms with van der Waals surface area (Å²) in [5, 5.41) is 3.32. The standard InChI is InChI=1S/C14H25N3S/c1-11-6-4-5-7-14(11,10-15)17(3)8-13-9-18-12(2)16-13/h9,11H,4-8,10,15H2,1-3H3. The number of hydrogen-bond acceptors (Lipinski definition) is 4. The number of hydrogen-bond donors (Lipinski definition) is 1. The first-order valence-electron chi connectivity index (χ1n) is 6.91. The van der Waals surface area contributed by atoms with Crippen LogP contribution in [-0.4, -0.2) is 29.0 Å². The minimum atomic E-state index is 0.176. The van der Waals surface area contributed by atoms with Crippen LogP contribution in [0.15, 0.2) is 5.38 Å². The SMILES string of the molecule is Cc1nc(CN(C)C2(CN)CCCCC2C)cs1. The van der Waals surface area contributed by atoms with Crippen molar-refractivity contribution in [3.05, 3.63) is 16.1 Å². The fourth-order valence-electron chi connectivity index (χ4n) is 3.30. The molecule has 0 radical (unpaired) electrons. The molecular formula is C14H25N3S. The molecule has 2 rings (SSSR count). The monoisotopic (exact) mass is 267 g/mol. The van der Waals surface area contributed by atoms with Crippen molar-refractivity contribution in [2.75, 3.05) is 13.6 Å². The Morgan fingerprint density at radius 2 is 2.33 bits per heavy atom. The van der Waals surface area contributed by atoms with Gasteiger partial charge in [-0.15, -0.1) is 11.3 Å². The van der Waals surface area contributed by atoms with Crippen molar-refractivity contribution in [3.63, 3.8) is 0 Å². The topological polar surface area (TPSA) is 42.2 Å². The normalized spacial score (nSPS) is 28.8. The minimum Gasteiger partial charge on any atom is -0.329 e. The van der Waals surface area contributed by atoms with Crippen molar-refractivity contribution in [1.29, 1.82) is 0 Å². The summed E-state index contributed by atoms with van der Waals surface area (Å²) in [6.45, 7) is 6.10. The van der Waals surface area contributed by atoms with Gasteiger partial charge in [0.15, 0.2) is 0 Å². The van der Waals surface area contributed by atoms with Crippen molar-refractivity contribution < 1.29 is 0 Å². The van der Waals surface area contributed by atoms with Gasteiger partial charge in [0.1, 0.15) is 0 Å². The van der Waals surface area contributed by atoms with Gasteiger partial charge in [-0.1, -0.05) is 19.8 Å². The Balaban J connectivity index is 2.11. The van der Waals surface area contributed by atoms with Crippen LogP contribution >= 0.6 is 11.3 Å². The Kier molecular flexibility index (Phi) is 4.41. The Bertz CT molecular complexity index is 390. The van der Waals surface area contributed by atoms with Crippen LogP contribution in [0.2, 0.25) is 0 Å². The molecule has 0 spiro atoms. The molecule has 0 bridgehead atoms. The summed E-state index contributed by atoms with van der Waals surface area (Å²) in [5.41, 5.74) is 7.49. The van der Waals surface area contributed by atoms with Crippen LogP contribution in [0.25, 0.3) is 0 Å². The zero-order chi connectivity index (χ0) is 13.2. The lowest BCUT2D eigenvalue weighted by Gasteiger charge is -2.48. The maximum atomic E-state index is 6.13. The first kappa shape index (κ1) is 14.0. The van der Waals surface area contributed by atoms with E-state index in [4.69, 9.17) is 5.73 Å². The Hall–Kier alpha value is -0.450. The molecule has 1 saturated carbocycles. The van der Waals surface area contributed by atoms with Gasteiger partial charge in [-0.2, -0.15) is 0 Å². The highest BCUT2D eigenvalue weighted by molar-refractivity contribution is 7.09. The maximum absolute atomic E-state index is 6.13. The van der Waals surface area contributed by atoms with Crippen LogP contribution in [0.5, 0.6) is 0 Å². The van der Waals surface area contributed by atoms with E-state index in [-0.39, 0.29) is 5.54 Å². The molecule has 4 heteroatoms. The highest BCUT2D eigenvalue weighted by Crippen LogP contribution is 2.37. The first-order valence-corrected chi connectivity index (χ1v) is 7.79. The molecule has 2 N–H and O–H groups in total. The Morgan fingerprint density at radius 3 is 2.89 bits per heavy atom. The number of aromatic nitrogens is 1. The van der Waals surface area contributed by atoms with Crippen LogP contribution in [-0.2, 0) is 6.54 Å². The van der Waals surface area contributed by atoms with Crippen LogP contribution in [0.1, 0.15) is 43.3 Å². The van der Waals surface area contributed by atoms with Crippen molar-refractivity contribution in [2.45, 2.75) is 51.6 Å². The van der Waals surface area contributed by atoms with E-state index in [2.05, 4.69) is 36.2 Å². The summed E-state index contributed by atoms with van der Waals surface area (Å²) in [7, 11) is 2.21. The van der Waals surface area contributed by atoms with Crippen molar-refractivity contribution in [1.82, 2.24) is 9.88 Å². The van der Waals surface area contributed by atoms with Gasteiger partial charge < -0.3 is 5.73 Å². The molecule has 0 aliphatic heterocycles. The van der Waals surface area contributed by atoms with Gasteiger partial charge in [0, 0.05) is 24.0 Å². The summed E-state index contributed by atoms with van der Waals surface area (Å²) in [6.07, 6.45) is 5.19. The molecule has 1 aromatic rings. The second-order valence-electron chi connectivity index (χ2n) is 5.67. The fourth-order valence-corrected chi connectivity index (χ4v) is 3.91. The summed E-state index contributed by atoms with van der Waals surface area (Å²) in [4.78, 5) is 7.02. The number of rotatable bonds is 4. The van der Waals surface area contributed by atoms with Gasteiger partial charge in [-0.25, -0.2) is 4.98 Å². The number of nitrogens with zero attached hydrogens (tertiary/aromatic N) is 2. The molecule has 2 atom stereocenters. The number of aryl methyl sites for hydroxylation is 1. The van der Waals surface area contributed by atoms with E-state index in [1.54, 1.807) is 11.3 Å². The van der Waals surface area contributed by atoms with Gasteiger partial charge in [0.25, 0.3) is 0 Å². The highest BCUT2D eigenvalue weighted by Gasteiger charge is 2.40. The number of nitrogens with two attached hydrogens (primary N) is 1. The fraction of sp³-hybridized carbons (Fsp3) is 0.786. The minimum absolute atomic E-state index is 0.176. The smallest absolute Gasteiger partial charge is 0.0897 e. The van der Waals surface area contributed by atoms with E-state index >= 15 is 0 Å². The van der Waals surface area contributed by atoms with Crippen molar-refractivity contribution >= 4 is 11.3 Å². The molecule has 0 saturated heterocycles. The summed E-state index contributed by atoms with van der Waals surface area (Å²) >= 11 is 1.73. The van der Waals surface area contributed by atoms with Gasteiger partial charge in [-0.3, -0.25) is 4.90 Å². The maximum Gasteiger partial charge on any atom is 0.0897 e. The highest BCUT2D eigenvalue weighted by atomic mass is 32.1. The number of likely N-dealkylation sites (N-methyl/N-ethyl adjacent to an activating group) is 1. The molecule has 1 fully saturated rings. The summed E-state index contributed by atoms with van der Waals surface area (Å²) in [6, 6.07) is 0. The van der Waals surface area contributed by atoms with Crippen LogP contribution in [0.4, 0.5) is 0 Å². The third-order valence-electron chi connectivity index (χ3n) is 4.59. The van der Waals surface area contributed by atoms with Gasteiger partial charge in [0.05, 0.1) is 10.7 Å². The average molecular weight is 267 g/mol. The number of thiazole rings is 1. The predicted octanol–water partition coefficient (Wildman–Crippen LogP) is 2.79. The Morgan fingerprint density at radius 1 is 1.56 bits per heavy atom. The second-order valence-corrected chi connectivity index (χ2v) is 6.73. The second kappa shape index (κ2) is 5.68. The molecule has 0 aromatic carbocycles. The largest absolute Gasteiger partial charge is 0.329 e. The third kappa shape index (κ3) is 2.60.